The lowest BCUT2D eigenvalue weighted by Crippen LogP contribution is -2.05. The van der Waals surface area contributed by atoms with Gasteiger partial charge in [-0.1, -0.05) is 41.7 Å². The SMILES string of the molecule is O=C(O)c1sc(Oc2ccc(OCc3ccccc3)cc2)c2c1CCc1cn[nH]c1-2. The number of rotatable bonds is 6. The van der Waals surface area contributed by atoms with Crippen molar-refractivity contribution in [3.63, 3.8) is 0 Å². The van der Waals surface area contributed by atoms with Crippen LogP contribution in [0.15, 0.2) is 60.8 Å². The van der Waals surface area contributed by atoms with E-state index in [-0.39, 0.29) is 0 Å². The summed E-state index contributed by atoms with van der Waals surface area (Å²) in [6.45, 7) is 0.490. The summed E-state index contributed by atoms with van der Waals surface area (Å²) in [5.74, 6) is 0.426. The first kappa shape index (κ1) is 18.4. The topological polar surface area (TPSA) is 84.4 Å². The van der Waals surface area contributed by atoms with Crippen molar-refractivity contribution in [2.24, 2.45) is 0 Å². The molecule has 2 heterocycles. The molecule has 150 valence electrons. The molecule has 2 aromatic carbocycles. The molecule has 1 aliphatic carbocycles. The molecule has 1 aliphatic rings. The quantitative estimate of drug-likeness (QED) is 0.443. The van der Waals surface area contributed by atoms with Crippen molar-refractivity contribution in [1.29, 1.82) is 0 Å². The number of aryl methyl sites for hydroxylation is 1. The minimum atomic E-state index is -0.932. The molecular weight excluding hydrogens is 400 g/mol. The van der Waals surface area contributed by atoms with E-state index in [0.29, 0.717) is 28.7 Å². The second-order valence-electron chi connectivity index (χ2n) is 7.00. The molecule has 0 bridgehead atoms. The highest BCUT2D eigenvalue weighted by Crippen LogP contribution is 2.47. The number of H-pyrrole nitrogens is 1. The number of thiophene rings is 1. The minimum Gasteiger partial charge on any atom is -0.489 e. The summed E-state index contributed by atoms with van der Waals surface area (Å²) in [6, 6.07) is 17.3. The predicted octanol–water partition coefficient (Wildman–Crippen LogP) is 5.31. The van der Waals surface area contributed by atoms with Gasteiger partial charge in [-0.3, -0.25) is 5.10 Å². The van der Waals surface area contributed by atoms with E-state index in [2.05, 4.69) is 10.2 Å². The van der Waals surface area contributed by atoms with Crippen LogP contribution >= 0.6 is 11.3 Å². The van der Waals surface area contributed by atoms with Crippen LogP contribution in [0.25, 0.3) is 11.3 Å². The van der Waals surface area contributed by atoms with E-state index in [9.17, 15) is 9.90 Å². The summed E-state index contributed by atoms with van der Waals surface area (Å²) in [6.07, 6.45) is 3.22. The Bertz CT molecular complexity index is 1200. The second-order valence-corrected chi connectivity index (χ2v) is 7.98. The maximum absolute atomic E-state index is 11.7. The van der Waals surface area contributed by atoms with Crippen molar-refractivity contribution in [3.8, 4) is 27.8 Å². The highest BCUT2D eigenvalue weighted by molar-refractivity contribution is 7.16. The summed E-state index contributed by atoms with van der Waals surface area (Å²) in [5.41, 5.74) is 4.63. The van der Waals surface area contributed by atoms with Gasteiger partial charge < -0.3 is 14.6 Å². The molecule has 0 spiro atoms. The number of carboxylic acids is 1. The Labute approximate surface area is 176 Å². The third kappa shape index (κ3) is 3.44. The van der Waals surface area contributed by atoms with Gasteiger partial charge in [0.1, 0.15) is 23.0 Å². The minimum absolute atomic E-state index is 0.322. The Kier molecular flexibility index (Phi) is 4.72. The summed E-state index contributed by atoms with van der Waals surface area (Å²) in [5, 5.41) is 17.3. The van der Waals surface area contributed by atoms with E-state index in [1.807, 2.05) is 54.6 Å². The van der Waals surface area contributed by atoms with E-state index in [1.165, 1.54) is 0 Å². The third-order valence-corrected chi connectivity index (χ3v) is 6.16. The van der Waals surface area contributed by atoms with Gasteiger partial charge in [-0.05, 0) is 53.8 Å². The van der Waals surface area contributed by atoms with Gasteiger partial charge in [0.25, 0.3) is 0 Å². The molecule has 0 aliphatic heterocycles. The van der Waals surface area contributed by atoms with Crippen molar-refractivity contribution >= 4 is 17.3 Å². The molecule has 4 aromatic rings. The first-order valence-corrected chi connectivity index (χ1v) is 10.4. The van der Waals surface area contributed by atoms with Crippen LogP contribution in [0.2, 0.25) is 0 Å². The van der Waals surface area contributed by atoms with Crippen LogP contribution in [-0.2, 0) is 19.4 Å². The Morgan fingerprint density at radius 2 is 1.83 bits per heavy atom. The average Bonchev–Trinajstić information content (AvgIpc) is 3.38. The molecule has 0 fully saturated rings. The van der Waals surface area contributed by atoms with E-state index >= 15 is 0 Å². The van der Waals surface area contributed by atoms with Crippen molar-refractivity contribution in [2.45, 2.75) is 19.4 Å². The number of carbonyl (C=O) groups is 1. The number of hydrogen-bond acceptors (Lipinski definition) is 5. The monoisotopic (exact) mass is 418 g/mol. The molecule has 30 heavy (non-hydrogen) atoms. The number of fused-ring (bicyclic) bond motifs is 3. The second kappa shape index (κ2) is 7.68. The van der Waals surface area contributed by atoms with Gasteiger partial charge in [-0.25, -0.2) is 4.79 Å². The van der Waals surface area contributed by atoms with Crippen LogP contribution in [0.5, 0.6) is 16.6 Å². The molecule has 2 aromatic heterocycles. The van der Waals surface area contributed by atoms with E-state index < -0.39 is 5.97 Å². The van der Waals surface area contributed by atoms with Gasteiger partial charge in [0.2, 0.25) is 0 Å². The molecule has 5 rings (SSSR count). The molecule has 0 radical (unpaired) electrons. The molecule has 0 saturated carbocycles. The van der Waals surface area contributed by atoms with Crippen LogP contribution in [0, 0.1) is 0 Å². The Balaban J connectivity index is 1.38. The van der Waals surface area contributed by atoms with Gasteiger partial charge in [-0.15, -0.1) is 0 Å². The number of nitrogens with one attached hydrogen (secondary N) is 1. The molecule has 7 heteroatoms. The fourth-order valence-corrected chi connectivity index (χ4v) is 4.67. The Morgan fingerprint density at radius 3 is 2.60 bits per heavy atom. The zero-order chi connectivity index (χ0) is 20.5. The third-order valence-electron chi connectivity index (χ3n) is 5.06. The smallest absolute Gasteiger partial charge is 0.346 e. The first-order chi connectivity index (χ1) is 14.7. The van der Waals surface area contributed by atoms with Gasteiger partial charge in [0.15, 0.2) is 5.06 Å². The number of aromatic carboxylic acids is 1. The Morgan fingerprint density at radius 1 is 1.07 bits per heavy atom. The van der Waals surface area contributed by atoms with Crippen LogP contribution < -0.4 is 9.47 Å². The van der Waals surface area contributed by atoms with E-state index in [1.54, 1.807) is 6.20 Å². The largest absolute Gasteiger partial charge is 0.489 e. The van der Waals surface area contributed by atoms with Gasteiger partial charge in [-0.2, -0.15) is 5.10 Å². The van der Waals surface area contributed by atoms with E-state index in [0.717, 1.165) is 51.5 Å². The zero-order valence-corrected chi connectivity index (χ0v) is 16.7. The maximum atomic E-state index is 11.7. The number of aromatic nitrogens is 2. The van der Waals surface area contributed by atoms with Crippen molar-refractivity contribution in [1.82, 2.24) is 10.2 Å². The lowest BCUT2D eigenvalue weighted by atomic mass is 9.92. The van der Waals surface area contributed by atoms with Crippen LogP contribution in [0.3, 0.4) is 0 Å². The normalized spacial score (nSPS) is 12.1. The number of carboxylic acid groups (broad SMARTS) is 1. The summed E-state index contributed by atoms with van der Waals surface area (Å²) < 4.78 is 11.9. The lowest BCUT2D eigenvalue weighted by Gasteiger charge is -2.14. The van der Waals surface area contributed by atoms with Crippen molar-refractivity contribution < 1.29 is 19.4 Å². The average molecular weight is 418 g/mol. The zero-order valence-electron chi connectivity index (χ0n) is 15.9. The van der Waals surface area contributed by atoms with Crippen molar-refractivity contribution in [2.75, 3.05) is 0 Å². The van der Waals surface area contributed by atoms with Crippen LogP contribution in [-0.4, -0.2) is 21.3 Å². The summed E-state index contributed by atoms with van der Waals surface area (Å²) >= 11 is 1.16. The molecule has 0 saturated heterocycles. The number of aromatic amines is 1. The summed E-state index contributed by atoms with van der Waals surface area (Å²) in [4.78, 5) is 12.1. The number of ether oxygens (including phenoxy) is 2. The molecule has 0 atom stereocenters. The number of hydrogen-bond donors (Lipinski definition) is 2. The molecule has 2 N–H and O–H groups in total. The van der Waals surface area contributed by atoms with E-state index in [4.69, 9.17) is 9.47 Å². The molecular formula is C23H18N2O4S. The fraction of sp³-hybridized carbons (Fsp3) is 0.130. The van der Waals surface area contributed by atoms with Gasteiger partial charge in [0.05, 0.1) is 17.5 Å². The first-order valence-electron chi connectivity index (χ1n) is 9.55. The lowest BCUT2D eigenvalue weighted by molar-refractivity contribution is 0.0701. The maximum Gasteiger partial charge on any atom is 0.346 e. The fourth-order valence-electron chi connectivity index (χ4n) is 3.61. The van der Waals surface area contributed by atoms with Gasteiger partial charge >= 0.3 is 5.97 Å². The van der Waals surface area contributed by atoms with Gasteiger partial charge in [0, 0.05) is 0 Å². The molecule has 6 nitrogen and oxygen atoms in total. The van der Waals surface area contributed by atoms with Crippen LogP contribution in [0.4, 0.5) is 0 Å². The Hall–Kier alpha value is -3.58. The highest BCUT2D eigenvalue weighted by Gasteiger charge is 2.30. The standard InChI is InChI=1S/C23H18N2O4S/c26-22(27)21-18-11-6-15-12-24-25-20(15)19(18)23(30-21)29-17-9-7-16(8-10-17)28-13-14-4-2-1-3-5-14/h1-5,7-10,12H,6,11,13H2,(H,24,25)(H,26,27). The van der Waals surface area contributed by atoms with Crippen molar-refractivity contribution in [3.05, 3.63) is 82.4 Å². The number of nitrogens with zero attached hydrogens (tertiary/aromatic N) is 1. The predicted molar refractivity (Wildman–Crippen MR) is 114 cm³/mol. The van der Waals surface area contributed by atoms with Crippen LogP contribution in [0.1, 0.15) is 26.4 Å². The highest BCUT2D eigenvalue weighted by atomic mass is 32.1. The molecule has 0 amide bonds. The molecule has 0 unspecified atom stereocenters. The summed E-state index contributed by atoms with van der Waals surface area (Å²) in [7, 11) is 0. The number of benzene rings is 2.